The van der Waals surface area contributed by atoms with Gasteiger partial charge in [0.1, 0.15) is 12.4 Å². The number of anilines is 1. The molecule has 0 saturated heterocycles. The van der Waals surface area contributed by atoms with Crippen LogP contribution in [0.1, 0.15) is 35.6 Å². The normalized spacial score (nSPS) is 25.8. The molecule has 2 saturated carbocycles. The Bertz CT molecular complexity index is 1370. The summed E-state index contributed by atoms with van der Waals surface area (Å²) >= 11 is 3.05. The van der Waals surface area contributed by atoms with Gasteiger partial charge in [-0.2, -0.15) is 0 Å². The number of aromatic nitrogens is 1. The lowest BCUT2D eigenvalue weighted by molar-refractivity contribution is -0.116. The molecule has 0 unspecified atom stereocenters. The molecule has 9 heteroatoms. The smallest absolute Gasteiger partial charge is 0.308 e. The van der Waals surface area contributed by atoms with E-state index in [-0.39, 0.29) is 29.1 Å². The molecule has 0 spiro atoms. The molecule has 1 aliphatic heterocycles. The number of fused-ring (bicyclic) bond motifs is 6. The molecular formula is C27H27FN2O4S2. The van der Waals surface area contributed by atoms with E-state index in [9.17, 15) is 14.0 Å². The van der Waals surface area contributed by atoms with Gasteiger partial charge in [0.2, 0.25) is 5.91 Å². The zero-order chi connectivity index (χ0) is 25.0. The number of benzene rings is 2. The van der Waals surface area contributed by atoms with Gasteiger partial charge in [-0.3, -0.25) is 14.2 Å². The molecule has 0 radical (unpaired) electrons. The molecule has 36 heavy (non-hydrogen) atoms. The Morgan fingerprint density at radius 1 is 1.08 bits per heavy atom. The van der Waals surface area contributed by atoms with Crippen LogP contribution in [0.25, 0.3) is 0 Å². The number of nitrogens with one attached hydrogen (secondary N) is 1. The van der Waals surface area contributed by atoms with Crippen LogP contribution in [-0.4, -0.2) is 29.9 Å². The summed E-state index contributed by atoms with van der Waals surface area (Å²) in [5, 5.41) is 4.12. The Labute approximate surface area is 216 Å². The van der Waals surface area contributed by atoms with E-state index < -0.39 is 0 Å². The topological polar surface area (TPSA) is 69.6 Å². The quantitative estimate of drug-likeness (QED) is 0.469. The summed E-state index contributed by atoms with van der Waals surface area (Å²) < 4.78 is 25.9. The molecule has 1 aromatic heterocycles. The third-order valence-electron chi connectivity index (χ3n) is 7.89. The van der Waals surface area contributed by atoms with E-state index in [1.165, 1.54) is 54.9 Å². The molecule has 2 aromatic carbocycles. The molecule has 2 bridgehead atoms. The molecule has 3 aliphatic rings. The minimum Gasteiger partial charge on any atom is -0.493 e. The summed E-state index contributed by atoms with van der Waals surface area (Å²) in [6, 6.07) is 11.7. The highest BCUT2D eigenvalue weighted by molar-refractivity contribution is 8.00. The van der Waals surface area contributed by atoms with Crippen molar-refractivity contribution in [3.8, 4) is 11.5 Å². The zero-order valence-electron chi connectivity index (χ0n) is 20.0. The van der Waals surface area contributed by atoms with Gasteiger partial charge in [-0.25, -0.2) is 4.39 Å². The van der Waals surface area contributed by atoms with E-state index in [2.05, 4.69) is 11.4 Å². The number of hydrogen-bond acceptors (Lipinski definition) is 6. The number of amides is 1. The molecule has 1 N–H and O–H groups in total. The van der Waals surface area contributed by atoms with Crippen molar-refractivity contribution in [2.45, 2.75) is 42.0 Å². The van der Waals surface area contributed by atoms with E-state index in [0.29, 0.717) is 40.2 Å². The number of carbonyl (C=O) groups excluding carboxylic acids is 1. The number of halogens is 1. The van der Waals surface area contributed by atoms with Crippen LogP contribution in [-0.2, 0) is 11.3 Å². The summed E-state index contributed by atoms with van der Waals surface area (Å²) in [4.78, 5) is 27.0. The van der Waals surface area contributed by atoms with Gasteiger partial charge >= 0.3 is 4.87 Å². The van der Waals surface area contributed by atoms with Crippen molar-refractivity contribution in [1.29, 1.82) is 0 Å². The first-order chi connectivity index (χ1) is 17.5. The number of rotatable bonds is 6. The Hall–Kier alpha value is -2.78. The molecule has 3 aromatic rings. The summed E-state index contributed by atoms with van der Waals surface area (Å²) in [7, 11) is 3.26. The van der Waals surface area contributed by atoms with Crippen LogP contribution in [0.15, 0.2) is 52.3 Å². The first kappa shape index (κ1) is 23.6. The second-order valence-electron chi connectivity index (χ2n) is 9.76. The average Bonchev–Trinajstić information content (AvgIpc) is 3.58. The zero-order valence-corrected chi connectivity index (χ0v) is 21.7. The standard InChI is InChI=1S/C27H27FN2O4S2/c1-33-19-10-5-15(12-20(19)34-2)23-22-14-3-4-16(11-14)24(22)35-26-25(23)36-27(32)30(26)13-21(31)29-18-8-6-17(28)7-9-18/h5-10,12,14,16,22-24H,3-4,11,13H2,1-2H3,(H,29,31)/t14-,16-,22-,23-,24+/m0/s1. The lowest BCUT2D eigenvalue weighted by Crippen LogP contribution is -2.34. The van der Waals surface area contributed by atoms with E-state index >= 15 is 0 Å². The van der Waals surface area contributed by atoms with Crippen molar-refractivity contribution in [2.75, 3.05) is 19.5 Å². The van der Waals surface area contributed by atoms with Gasteiger partial charge in [0.15, 0.2) is 11.5 Å². The van der Waals surface area contributed by atoms with Crippen molar-refractivity contribution in [3.05, 3.63) is 68.4 Å². The number of thioether (sulfide) groups is 1. The largest absolute Gasteiger partial charge is 0.493 e. The van der Waals surface area contributed by atoms with Gasteiger partial charge in [-0.05, 0) is 79.0 Å². The first-order valence-electron chi connectivity index (χ1n) is 12.1. The van der Waals surface area contributed by atoms with Crippen LogP contribution >= 0.6 is 23.1 Å². The average molecular weight is 527 g/mol. The van der Waals surface area contributed by atoms with E-state index in [4.69, 9.17) is 9.47 Å². The van der Waals surface area contributed by atoms with Crippen LogP contribution in [0.5, 0.6) is 11.5 Å². The number of thiazole rings is 1. The van der Waals surface area contributed by atoms with Gasteiger partial charge < -0.3 is 14.8 Å². The van der Waals surface area contributed by atoms with Gasteiger partial charge in [0.25, 0.3) is 0 Å². The molecule has 188 valence electrons. The predicted molar refractivity (Wildman–Crippen MR) is 139 cm³/mol. The molecule has 6 nitrogen and oxygen atoms in total. The van der Waals surface area contributed by atoms with E-state index in [1.807, 2.05) is 12.1 Å². The van der Waals surface area contributed by atoms with Gasteiger partial charge in [-0.15, -0.1) is 11.8 Å². The fourth-order valence-electron chi connectivity index (χ4n) is 6.38. The monoisotopic (exact) mass is 526 g/mol. The van der Waals surface area contributed by atoms with Gasteiger partial charge in [-0.1, -0.05) is 17.4 Å². The van der Waals surface area contributed by atoms with Gasteiger partial charge in [0, 0.05) is 21.7 Å². The van der Waals surface area contributed by atoms with E-state index in [0.717, 1.165) is 15.5 Å². The SMILES string of the molecule is COc1ccc([C@@H]2c3sc(=O)n(CC(=O)Nc4ccc(F)cc4)c3S[C@@H]3[C@H]4CC[C@@H](C4)[C@@H]23)cc1OC. The first-order valence-corrected chi connectivity index (χ1v) is 13.8. The minimum absolute atomic E-state index is 0.0703. The minimum atomic E-state index is -0.367. The summed E-state index contributed by atoms with van der Waals surface area (Å²) in [6.45, 7) is -0.0703. The Kier molecular flexibility index (Phi) is 6.08. The Balaban J connectivity index is 1.38. The van der Waals surface area contributed by atoms with Crippen molar-refractivity contribution in [3.63, 3.8) is 0 Å². The van der Waals surface area contributed by atoms with Crippen molar-refractivity contribution < 1.29 is 18.7 Å². The van der Waals surface area contributed by atoms with Gasteiger partial charge in [0.05, 0.1) is 19.2 Å². The van der Waals surface area contributed by atoms with Crippen molar-refractivity contribution in [1.82, 2.24) is 4.57 Å². The van der Waals surface area contributed by atoms with E-state index in [1.54, 1.807) is 30.5 Å². The number of methoxy groups -OCH3 is 2. The molecule has 6 rings (SSSR count). The third kappa shape index (κ3) is 3.93. The summed E-state index contributed by atoms with van der Waals surface area (Å²) in [5.41, 5.74) is 1.63. The Morgan fingerprint density at radius 3 is 2.58 bits per heavy atom. The molecule has 2 heterocycles. The van der Waals surface area contributed by atoms with Crippen molar-refractivity contribution in [2.24, 2.45) is 17.8 Å². The summed E-state index contributed by atoms with van der Waals surface area (Å²) in [6.07, 6.45) is 3.70. The van der Waals surface area contributed by atoms with Crippen LogP contribution in [0.4, 0.5) is 10.1 Å². The maximum Gasteiger partial charge on any atom is 0.308 e. The lowest BCUT2D eigenvalue weighted by Gasteiger charge is -2.40. The number of nitrogens with zero attached hydrogens (tertiary/aromatic N) is 1. The second-order valence-corrected chi connectivity index (χ2v) is 11.9. The maximum absolute atomic E-state index is 13.2. The summed E-state index contributed by atoms with van der Waals surface area (Å²) in [5.74, 6) is 2.51. The predicted octanol–water partition coefficient (Wildman–Crippen LogP) is 5.36. The molecule has 5 atom stereocenters. The number of ether oxygens (including phenoxy) is 2. The van der Waals surface area contributed by atoms with Crippen LogP contribution in [0.2, 0.25) is 0 Å². The number of hydrogen-bond donors (Lipinski definition) is 1. The Morgan fingerprint density at radius 2 is 1.83 bits per heavy atom. The van der Waals surface area contributed by atoms with Crippen LogP contribution in [0.3, 0.4) is 0 Å². The van der Waals surface area contributed by atoms with Crippen LogP contribution < -0.4 is 19.7 Å². The fraction of sp³-hybridized carbons (Fsp3) is 0.407. The third-order valence-corrected chi connectivity index (χ3v) is 10.7. The fourth-order valence-corrected chi connectivity index (χ4v) is 9.53. The highest BCUT2D eigenvalue weighted by Crippen LogP contribution is 2.64. The molecular weight excluding hydrogens is 499 g/mol. The highest BCUT2D eigenvalue weighted by Gasteiger charge is 2.55. The van der Waals surface area contributed by atoms with Crippen molar-refractivity contribution >= 4 is 34.7 Å². The molecule has 2 fully saturated rings. The molecule has 1 amide bonds. The maximum atomic E-state index is 13.2. The highest BCUT2D eigenvalue weighted by atomic mass is 32.2. The molecule has 2 aliphatic carbocycles. The number of carbonyl (C=O) groups is 1. The van der Waals surface area contributed by atoms with Crippen LogP contribution in [0, 0.1) is 23.6 Å². The lowest BCUT2D eigenvalue weighted by atomic mass is 9.75. The second kappa shape index (κ2) is 9.27.